The first-order valence-corrected chi connectivity index (χ1v) is 9.13. The Morgan fingerprint density at radius 2 is 1.81 bits per heavy atom. The van der Waals surface area contributed by atoms with E-state index in [2.05, 4.69) is 14.7 Å². The van der Waals surface area contributed by atoms with Crippen molar-refractivity contribution in [3.05, 3.63) is 50.1 Å². The molecule has 3 aromatic rings. The Morgan fingerprint density at radius 1 is 1.15 bits per heavy atom. The van der Waals surface area contributed by atoms with Crippen molar-refractivity contribution in [3.8, 4) is 11.4 Å². The van der Waals surface area contributed by atoms with E-state index in [1.165, 1.54) is 25.8 Å². The number of methoxy groups -OCH3 is 1. The van der Waals surface area contributed by atoms with E-state index >= 15 is 0 Å². The minimum absolute atomic E-state index is 0.0331. The summed E-state index contributed by atoms with van der Waals surface area (Å²) >= 11 is 6.98. The number of ether oxygens (including phenoxy) is 1. The van der Waals surface area contributed by atoms with Gasteiger partial charge in [0.2, 0.25) is 0 Å². The van der Waals surface area contributed by atoms with Crippen LogP contribution in [0.2, 0.25) is 5.02 Å². The number of aromatic nitrogens is 4. The summed E-state index contributed by atoms with van der Waals surface area (Å²) in [5.41, 5.74) is -0.176. The topological polar surface area (TPSA) is 96.1 Å². The largest absolute Gasteiger partial charge is 0.468 e. The molecule has 0 aliphatic heterocycles. The number of carbonyl (C=O) groups excluding carboxylic acids is 1. The second kappa shape index (κ2) is 7.53. The molecule has 0 fully saturated rings. The Balaban J connectivity index is 2.30. The van der Waals surface area contributed by atoms with Crippen LogP contribution in [0, 0.1) is 0 Å². The fourth-order valence-corrected chi connectivity index (χ4v) is 3.42. The lowest BCUT2D eigenvalue weighted by Crippen LogP contribution is -2.37. The highest BCUT2D eigenvalue weighted by Gasteiger charge is 2.19. The predicted octanol–water partition coefficient (Wildman–Crippen LogP) is 1.61. The lowest BCUT2D eigenvalue weighted by Gasteiger charge is -2.11. The molecule has 0 amide bonds. The highest BCUT2D eigenvalue weighted by atomic mass is 35.5. The van der Waals surface area contributed by atoms with E-state index < -0.39 is 17.2 Å². The van der Waals surface area contributed by atoms with Crippen LogP contribution < -0.4 is 11.2 Å². The number of fused-ring (bicyclic) bond motifs is 1. The number of halogens is 1. The summed E-state index contributed by atoms with van der Waals surface area (Å²) < 4.78 is 6.91. The van der Waals surface area contributed by atoms with Crippen LogP contribution in [0.4, 0.5) is 0 Å². The number of rotatable bonds is 4. The molecule has 0 saturated heterocycles. The summed E-state index contributed by atoms with van der Waals surface area (Å²) in [5.74, 6) is -0.175. The molecule has 10 heteroatoms. The third kappa shape index (κ3) is 3.60. The molecule has 1 aromatic carbocycles. The van der Waals surface area contributed by atoms with Crippen LogP contribution in [-0.2, 0) is 23.6 Å². The van der Waals surface area contributed by atoms with Crippen LogP contribution in [0.3, 0.4) is 0 Å². The molecule has 0 aliphatic carbocycles. The van der Waals surface area contributed by atoms with Crippen molar-refractivity contribution in [2.45, 2.75) is 5.03 Å². The zero-order chi connectivity index (χ0) is 19.7. The Labute approximate surface area is 162 Å². The average Bonchev–Trinajstić information content (AvgIpc) is 2.68. The van der Waals surface area contributed by atoms with Gasteiger partial charge in [-0.2, -0.15) is 0 Å². The number of thioether (sulfide) groups is 1. The van der Waals surface area contributed by atoms with Crippen LogP contribution in [0.25, 0.3) is 22.4 Å². The van der Waals surface area contributed by atoms with Crippen LogP contribution in [0.5, 0.6) is 0 Å². The van der Waals surface area contributed by atoms with E-state index in [0.29, 0.717) is 21.4 Å². The SMILES string of the molecule is COC(=O)CSc1nc(-c2ccc(Cl)cc2)nc2c1c(=O)n(C)c(=O)n2C. The van der Waals surface area contributed by atoms with E-state index in [1.807, 2.05) is 0 Å². The van der Waals surface area contributed by atoms with Crippen LogP contribution >= 0.6 is 23.4 Å². The molecule has 3 rings (SSSR count). The van der Waals surface area contributed by atoms with Gasteiger partial charge < -0.3 is 4.74 Å². The van der Waals surface area contributed by atoms with E-state index in [9.17, 15) is 14.4 Å². The molecule has 0 unspecified atom stereocenters. The molecule has 2 heterocycles. The molecule has 0 radical (unpaired) electrons. The maximum Gasteiger partial charge on any atom is 0.332 e. The maximum atomic E-state index is 12.7. The Bertz CT molecular complexity index is 1150. The molecular formula is C17H15ClN4O4S. The fourth-order valence-electron chi connectivity index (χ4n) is 2.45. The summed E-state index contributed by atoms with van der Waals surface area (Å²) in [5, 5.41) is 1.03. The third-order valence-corrected chi connectivity index (χ3v) is 5.12. The van der Waals surface area contributed by atoms with Gasteiger partial charge in [0.25, 0.3) is 5.56 Å². The standard InChI is InChI=1S/C17H15ClN4O4S/c1-21-14-12(16(24)22(2)17(21)25)15(27-8-11(23)26-3)20-13(19-14)9-4-6-10(18)7-5-9/h4-7H,8H2,1-3H3. The van der Waals surface area contributed by atoms with Crippen molar-refractivity contribution < 1.29 is 9.53 Å². The molecule has 0 N–H and O–H groups in total. The molecule has 140 valence electrons. The molecule has 0 bridgehead atoms. The van der Waals surface area contributed by atoms with Gasteiger partial charge in [-0.3, -0.25) is 18.7 Å². The summed E-state index contributed by atoms with van der Waals surface area (Å²) in [4.78, 5) is 45.3. The van der Waals surface area contributed by atoms with Gasteiger partial charge in [0.15, 0.2) is 11.5 Å². The van der Waals surface area contributed by atoms with Crippen molar-refractivity contribution in [1.82, 2.24) is 19.1 Å². The molecule has 0 spiro atoms. The van der Waals surface area contributed by atoms with Crippen molar-refractivity contribution in [1.29, 1.82) is 0 Å². The summed E-state index contributed by atoms with van der Waals surface area (Å²) in [6, 6.07) is 6.85. The first-order valence-electron chi connectivity index (χ1n) is 7.76. The number of benzene rings is 1. The van der Waals surface area contributed by atoms with Gasteiger partial charge in [0.1, 0.15) is 10.4 Å². The van der Waals surface area contributed by atoms with Crippen LogP contribution in [0.1, 0.15) is 0 Å². The summed E-state index contributed by atoms with van der Waals surface area (Å²) in [6.45, 7) is 0. The van der Waals surface area contributed by atoms with Gasteiger partial charge in [-0.25, -0.2) is 14.8 Å². The van der Waals surface area contributed by atoms with Gasteiger partial charge in [-0.05, 0) is 24.3 Å². The first-order chi connectivity index (χ1) is 12.8. The highest BCUT2D eigenvalue weighted by molar-refractivity contribution is 8.00. The number of nitrogens with zero attached hydrogens (tertiary/aromatic N) is 4. The van der Waals surface area contributed by atoms with Crippen molar-refractivity contribution >= 4 is 40.4 Å². The lowest BCUT2D eigenvalue weighted by molar-refractivity contribution is -0.137. The average molecular weight is 407 g/mol. The van der Waals surface area contributed by atoms with E-state index in [-0.39, 0.29) is 16.8 Å². The van der Waals surface area contributed by atoms with Crippen LogP contribution in [-0.4, -0.2) is 37.9 Å². The van der Waals surface area contributed by atoms with Crippen molar-refractivity contribution in [2.24, 2.45) is 14.1 Å². The van der Waals surface area contributed by atoms with E-state index in [1.54, 1.807) is 24.3 Å². The Morgan fingerprint density at radius 3 is 2.44 bits per heavy atom. The number of hydrogen-bond acceptors (Lipinski definition) is 7. The second-order valence-electron chi connectivity index (χ2n) is 5.63. The minimum atomic E-state index is -0.525. The molecule has 2 aromatic heterocycles. The lowest BCUT2D eigenvalue weighted by atomic mass is 10.2. The smallest absolute Gasteiger partial charge is 0.332 e. The maximum absolute atomic E-state index is 12.7. The second-order valence-corrected chi connectivity index (χ2v) is 7.03. The quantitative estimate of drug-likeness (QED) is 0.369. The van der Waals surface area contributed by atoms with E-state index in [4.69, 9.17) is 11.6 Å². The third-order valence-electron chi connectivity index (χ3n) is 3.92. The zero-order valence-corrected chi connectivity index (χ0v) is 16.3. The van der Waals surface area contributed by atoms with Gasteiger partial charge in [0.05, 0.1) is 12.9 Å². The molecule has 0 atom stereocenters. The summed E-state index contributed by atoms with van der Waals surface area (Å²) in [7, 11) is 4.19. The number of hydrogen-bond donors (Lipinski definition) is 0. The zero-order valence-electron chi connectivity index (χ0n) is 14.7. The van der Waals surface area contributed by atoms with Gasteiger partial charge in [0, 0.05) is 24.7 Å². The molecule has 0 aliphatic rings. The molecule has 8 nitrogen and oxygen atoms in total. The number of carbonyl (C=O) groups is 1. The minimum Gasteiger partial charge on any atom is -0.468 e. The summed E-state index contributed by atoms with van der Waals surface area (Å²) in [6.07, 6.45) is 0. The Kier molecular flexibility index (Phi) is 5.33. The van der Waals surface area contributed by atoms with E-state index in [0.717, 1.165) is 16.3 Å². The highest BCUT2D eigenvalue weighted by Crippen LogP contribution is 2.26. The number of esters is 1. The Hall–Kier alpha value is -2.65. The fraction of sp³-hybridized carbons (Fsp3) is 0.235. The van der Waals surface area contributed by atoms with Crippen LogP contribution in [0.15, 0.2) is 38.9 Å². The first kappa shape index (κ1) is 19.1. The van der Waals surface area contributed by atoms with Gasteiger partial charge in [-0.15, -0.1) is 0 Å². The van der Waals surface area contributed by atoms with Crippen molar-refractivity contribution in [3.63, 3.8) is 0 Å². The molecule has 0 saturated carbocycles. The predicted molar refractivity (Wildman–Crippen MR) is 103 cm³/mol. The van der Waals surface area contributed by atoms with Crippen molar-refractivity contribution in [2.75, 3.05) is 12.9 Å². The normalized spacial score (nSPS) is 11.0. The number of aryl methyl sites for hydroxylation is 1. The molecule has 27 heavy (non-hydrogen) atoms. The van der Waals surface area contributed by atoms with Gasteiger partial charge in [-0.1, -0.05) is 23.4 Å². The van der Waals surface area contributed by atoms with Gasteiger partial charge >= 0.3 is 11.7 Å². The monoisotopic (exact) mass is 406 g/mol. The molecular weight excluding hydrogens is 392 g/mol.